The van der Waals surface area contributed by atoms with Gasteiger partial charge in [0.25, 0.3) is 5.91 Å². The molecule has 36 heavy (non-hydrogen) atoms. The topological polar surface area (TPSA) is 91.4 Å². The molecule has 4 rings (SSSR count). The molecule has 1 atom stereocenters. The van der Waals surface area contributed by atoms with Gasteiger partial charge in [0.2, 0.25) is 0 Å². The standard InChI is InChI=1S/C30H28N4O2/c1-23-9-13-28(14-10-23)34-29(35)25(22-30(34,36)26-7-3-2-4-8-26)21-24-11-15-27(16-12-24)33(19-5-17-31)20-6-18-32/h2-4,7-16,21,36H,5-6,19-20,22H2,1H3/b25-21+. The van der Waals surface area contributed by atoms with Crippen molar-refractivity contribution in [2.24, 2.45) is 0 Å². The lowest BCUT2D eigenvalue weighted by Crippen LogP contribution is -2.43. The molecule has 1 heterocycles. The van der Waals surface area contributed by atoms with Crippen molar-refractivity contribution in [1.29, 1.82) is 10.5 Å². The molecule has 0 bridgehead atoms. The summed E-state index contributed by atoms with van der Waals surface area (Å²) in [6.07, 6.45) is 2.72. The van der Waals surface area contributed by atoms with Crippen LogP contribution in [0.1, 0.15) is 36.0 Å². The fourth-order valence-electron chi connectivity index (χ4n) is 4.53. The Labute approximate surface area is 211 Å². The number of hydrogen-bond donors (Lipinski definition) is 1. The van der Waals surface area contributed by atoms with Crippen LogP contribution in [-0.4, -0.2) is 24.1 Å². The number of carbonyl (C=O) groups is 1. The molecule has 1 fully saturated rings. The number of aliphatic hydroxyl groups is 1. The van der Waals surface area contributed by atoms with Gasteiger partial charge >= 0.3 is 0 Å². The van der Waals surface area contributed by atoms with Gasteiger partial charge in [0.1, 0.15) is 0 Å². The van der Waals surface area contributed by atoms with Crippen LogP contribution < -0.4 is 9.80 Å². The lowest BCUT2D eigenvalue weighted by Gasteiger charge is -2.33. The van der Waals surface area contributed by atoms with Crippen molar-refractivity contribution in [3.05, 3.63) is 101 Å². The molecule has 0 spiro atoms. The summed E-state index contributed by atoms with van der Waals surface area (Å²) in [4.78, 5) is 17.1. The summed E-state index contributed by atoms with van der Waals surface area (Å²) >= 11 is 0. The fourth-order valence-corrected chi connectivity index (χ4v) is 4.53. The third kappa shape index (κ3) is 5.15. The lowest BCUT2D eigenvalue weighted by molar-refractivity contribution is -0.116. The normalized spacial score (nSPS) is 18.2. The Balaban J connectivity index is 1.66. The van der Waals surface area contributed by atoms with E-state index in [2.05, 4.69) is 12.1 Å². The highest BCUT2D eigenvalue weighted by molar-refractivity contribution is 6.12. The summed E-state index contributed by atoms with van der Waals surface area (Å²) in [7, 11) is 0. The van der Waals surface area contributed by atoms with Gasteiger partial charge in [-0.2, -0.15) is 10.5 Å². The summed E-state index contributed by atoms with van der Waals surface area (Å²) in [5, 5.41) is 29.8. The third-order valence-electron chi connectivity index (χ3n) is 6.40. The molecule has 1 aliphatic heterocycles. The number of aryl methyl sites for hydroxylation is 1. The predicted octanol–water partition coefficient (Wildman–Crippen LogP) is 5.29. The van der Waals surface area contributed by atoms with E-state index >= 15 is 0 Å². The van der Waals surface area contributed by atoms with Crippen molar-refractivity contribution >= 4 is 23.4 Å². The van der Waals surface area contributed by atoms with Crippen molar-refractivity contribution < 1.29 is 9.90 Å². The van der Waals surface area contributed by atoms with Crippen LogP contribution in [0.15, 0.2) is 84.4 Å². The molecule has 1 N–H and O–H groups in total. The predicted molar refractivity (Wildman–Crippen MR) is 141 cm³/mol. The van der Waals surface area contributed by atoms with E-state index in [1.54, 1.807) is 0 Å². The van der Waals surface area contributed by atoms with Gasteiger partial charge < -0.3 is 10.0 Å². The summed E-state index contributed by atoms with van der Waals surface area (Å²) in [6.45, 7) is 3.08. The maximum absolute atomic E-state index is 13.6. The number of benzene rings is 3. The van der Waals surface area contributed by atoms with Crippen molar-refractivity contribution in [2.75, 3.05) is 22.9 Å². The van der Waals surface area contributed by atoms with E-state index < -0.39 is 5.72 Å². The average molecular weight is 477 g/mol. The quantitative estimate of drug-likeness (QED) is 0.446. The largest absolute Gasteiger partial charge is 0.369 e. The summed E-state index contributed by atoms with van der Waals surface area (Å²) in [5.74, 6) is -0.237. The van der Waals surface area contributed by atoms with E-state index in [4.69, 9.17) is 10.5 Å². The first-order chi connectivity index (χ1) is 17.5. The van der Waals surface area contributed by atoms with E-state index in [1.807, 2.05) is 96.8 Å². The maximum atomic E-state index is 13.6. The Morgan fingerprint density at radius 3 is 2.14 bits per heavy atom. The van der Waals surface area contributed by atoms with Crippen LogP contribution in [0, 0.1) is 29.6 Å². The van der Waals surface area contributed by atoms with Crippen LogP contribution in [0.3, 0.4) is 0 Å². The molecule has 6 heteroatoms. The van der Waals surface area contributed by atoms with Gasteiger partial charge in [-0.1, -0.05) is 60.2 Å². The van der Waals surface area contributed by atoms with Crippen molar-refractivity contribution in [1.82, 2.24) is 0 Å². The van der Waals surface area contributed by atoms with Crippen molar-refractivity contribution in [2.45, 2.75) is 31.9 Å². The van der Waals surface area contributed by atoms with Gasteiger partial charge in [-0.05, 0) is 42.8 Å². The molecule has 1 amide bonds. The summed E-state index contributed by atoms with van der Waals surface area (Å²) < 4.78 is 0. The molecule has 0 radical (unpaired) electrons. The third-order valence-corrected chi connectivity index (χ3v) is 6.40. The van der Waals surface area contributed by atoms with E-state index in [1.165, 1.54) is 4.90 Å². The SMILES string of the molecule is Cc1ccc(N2C(=O)/C(=C/c3ccc(N(CCC#N)CCC#N)cc3)CC2(O)c2ccccc2)cc1. The number of carbonyl (C=O) groups excluding carboxylic acids is 1. The molecular formula is C30H28N4O2. The molecule has 0 aromatic heterocycles. The molecule has 0 aliphatic carbocycles. The minimum atomic E-state index is -1.50. The van der Waals surface area contributed by atoms with E-state index in [-0.39, 0.29) is 12.3 Å². The van der Waals surface area contributed by atoms with Crippen LogP contribution in [0.5, 0.6) is 0 Å². The zero-order valence-electron chi connectivity index (χ0n) is 20.3. The monoisotopic (exact) mass is 476 g/mol. The highest BCUT2D eigenvalue weighted by Gasteiger charge is 2.49. The number of nitrogens with zero attached hydrogens (tertiary/aromatic N) is 4. The summed E-state index contributed by atoms with van der Waals surface area (Å²) in [5.41, 5.74) is 3.14. The molecule has 180 valence electrons. The molecule has 1 unspecified atom stereocenters. The smallest absolute Gasteiger partial charge is 0.257 e. The zero-order chi connectivity index (χ0) is 25.5. The molecule has 0 saturated carbocycles. The Kier molecular flexibility index (Phi) is 7.49. The second kappa shape index (κ2) is 10.9. The van der Waals surface area contributed by atoms with Crippen LogP contribution >= 0.6 is 0 Å². The van der Waals surface area contributed by atoms with Gasteiger partial charge in [-0.25, -0.2) is 0 Å². The van der Waals surface area contributed by atoms with Gasteiger partial charge in [0.05, 0.1) is 25.0 Å². The number of anilines is 2. The highest BCUT2D eigenvalue weighted by Crippen LogP contribution is 2.43. The van der Waals surface area contributed by atoms with Crippen LogP contribution in [0.4, 0.5) is 11.4 Å². The minimum absolute atomic E-state index is 0.155. The van der Waals surface area contributed by atoms with Crippen molar-refractivity contribution in [3.8, 4) is 12.1 Å². The minimum Gasteiger partial charge on any atom is -0.369 e. The molecule has 1 aliphatic rings. The molecule has 6 nitrogen and oxygen atoms in total. The lowest BCUT2D eigenvalue weighted by atomic mass is 9.97. The molecule has 3 aromatic rings. The zero-order valence-corrected chi connectivity index (χ0v) is 20.3. The average Bonchev–Trinajstić information content (AvgIpc) is 3.16. The first-order valence-corrected chi connectivity index (χ1v) is 11.9. The number of hydrogen-bond acceptors (Lipinski definition) is 5. The number of nitriles is 2. The highest BCUT2D eigenvalue weighted by atomic mass is 16.3. The van der Waals surface area contributed by atoms with Crippen LogP contribution in [0.2, 0.25) is 0 Å². The van der Waals surface area contributed by atoms with Gasteiger partial charge in [-0.3, -0.25) is 9.69 Å². The number of amides is 1. The molecule has 1 saturated heterocycles. The van der Waals surface area contributed by atoms with Gasteiger partial charge in [-0.15, -0.1) is 0 Å². The second-order valence-corrected chi connectivity index (χ2v) is 8.90. The van der Waals surface area contributed by atoms with Crippen LogP contribution in [-0.2, 0) is 10.5 Å². The molecular weight excluding hydrogens is 448 g/mol. The van der Waals surface area contributed by atoms with E-state index in [9.17, 15) is 9.90 Å². The Morgan fingerprint density at radius 1 is 0.944 bits per heavy atom. The Bertz CT molecular complexity index is 1300. The first-order valence-electron chi connectivity index (χ1n) is 11.9. The fraction of sp³-hybridized carbons (Fsp3) is 0.233. The van der Waals surface area contributed by atoms with E-state index in [0.717, 1.165) is 16.8 Å². The Morgan fingerprint density at radius 2 is 1.56 bits per heavy atom. The van der Waals surface area contributed by atoms with Crippen molar-refractivity contribution in [3.63, 3.8) is 0 Å². The van der Waals surface area contributed by atoms with E-state index in [0.29, 0.717) is 42.8 Å². The summed E-state index contributed by atoms with van der Waals surface area (Å²) in [6, 6.07) is 28.8. The first kappa shape index (κ1) is 24.7. The second-order valence-electron chi connectivity index (χ2n) is 8.90. The molecule has 3 aromatic carbocycles. The maximum Gasteiger partial charge on any atom is 0.257 e. The van der Waals surface area contributed by atoms with Gasteiger partial charge in [0, 0.05) is 42.0 Å². The number of rotatable bonds is 8. The van der Waals surface area contributed by atoms with Gasteiger partial charge in [0.15, 0.2) is 5.72 Å². The van der Waals surface area contributed by atoms with Crippen LogP contribution in [0.25, 0.3) is 6.08 Å². The Hall–Kier alpha value is -4.39.